The molecule has 4 unspecified atom stereocenters. The van der Waals surface area contributed by atoms with Crippen LogP contribution in [0, 0.1) is 22.7 Å². The molecule has 0 spiro atoms. The van der Waals surface area contributed by atoms with E-state index in [1.54, 1.807) is 12.2 Å². The number of carbonyl (C=O) groups is 4. The smallest absolute Gasteiger partial charge is 0.231 e. The Balaban J connectivity index is 2.25. The monoisotopic (exact) mass is 261 g/mol. The average Bonchev–Trinajstić information content (AvgIpc) is 2.68. The van der Waals surface area contributed by atoms with Crippen LogP contribution in [0.4, 0.5) is 0 Å². The number of allylic oxidation sites excluding steroid dienone is 2. The number of Topliss-reactive ketones (excluding diaryl/α,β-unsaturated/α-hetero) is 2. The van der Waals surface area contributed by atoms with Gasteiger partial charge in [-0.25, -0.2) is 0 Å². The fourth-order valence-electron chi connectivity index (χ4n) is 4.06. The lowest BCUT2D eigenvalue weighted by Crippen LogP contribution is -2.57. The lowest BCUT2D eigenvalue weighted by molar-refractivity contribution is -0.151. The summed E-state index contributed by atoms with van der Waals surface area (Å²) in [6, 6.07) is 0. The molecule has 1 saturated heterocycles. The van der Waals surface area contributed by atoms with Crippen LogP contribution in [0.25, 0.3) is 0 Å². The van der Waals surface area contributed by atoms with Gasteiger partial charge in [0.05, 0.1) is 22.7 Å². The second-order valence-electron chi connectivity index (χ2n) is 5.84. The molecule has 0 aromatic heterocycles. The van der Waals surface area contributed by atoms with Crippen LogP contribution in [0.15, 0.2) is 12.2 Å². The highest BCUT2D eigenvalue weighted by Gasteiger charge is 2.68. The van der Waals surface area contributed by atoms with Crippen LogP contribution in [0.1, 0.15) is 26.7 Å². The van der Waals surface area contributed by atoms with Crippen molar-refractivity contribution in [1.29, 1.82) is 0 Å². The lowest BCUT2D eigenvalue weighted by atomic mass is 9.47. The van der Waals surface area contributed by atoms with E-state index >= 15 is 0 Å². The van der Waals surface area contributed by atoms with Gasteiger partial charge in [0.25, 0.3) is 0 Å². The maximum absolute atomic E-state index is 12.1. The molecule has 2 fully saturated rings. The average molecular weight is 261 g/mol. The predicted octanol–water partition coefficient (Wildman–Crippen LogP) is 0.390. The lowest BCUT2D eigenvalue weighted by Gasteiger charge is -2.52. The van der Waals surface area contributed by atoms with Gasteiger partial charge >= 0.3 is 0 Å². The summed E-state index contributed by atoms with van der Waals surface area (Å²) in [6.45, 7) is 2.90. The Morgan fingerprint density at radius 1 is 1.00 bits per heavy atom. The van der Waals surface area contributed by atoms with E-state index in [0.29, 0.717) is 12.8 Å². The number of amides is 2. The molecular weight excluding hydrogens is 246 g/mol. The number of ketones is 2. The van der Waals surface area contributed by atoms with Gasteiger partial charge in [0.15, 0.2) is 0 Å². The summed E-state index contributed by atoms with van der Waals surface area (Å²) in [5.74, 6) is -2.50. The van der Waals surface area contributed by atoms with E-state index in [2.05, 4.69) is 5.32 Å². The summed E-state index contributed by atoms with van der Waals surface area (Å²) in [4.78, 5) is 48.1. The van der Waals surface area contributed by atoms with Gasteiger partial charge in [-0.15, -0.1) is 0 Å². The van der Waals surface area contributed by atoms with E-state index in [4.69, 9.17) is 0 Å². The third-order valence-corrected chi connectivity index (χ3v) is 5.20. The Labute approximate surface area is 110 Å². The summed E-state index contributed by atoms with van der Waals surface area (Å²) in [5, 5.41) is 2.30. The van der Waals surface area contributed by atoms with Crippen molar-refractivity contribution in [2.24, 2.45) is 22.7 Å². The molecule has 1 heterocycles. The van der Waals surface area contributed by atoms with Crippen molar-refractivity contribution in [3.8, 4) is 0 Å². The molecule has 2 amide bonds. The summed E-state index contributed by atoms with van der Waals surface area (Å²) in [5.41, 5.74) is -1.81. The zero-order chi connectivity index (χ0) is 14.0. The zero-order valence-electron chi connectivity index (χ0n) is 10.9. The second kappa shape index (κ2) is 3.40. The number of rotatable bonds is 2. The summed E-state index contributed by atoms with van der Waals surface area (Å²) in [7, 11) is 0. The van der Waals surface area contributed by atoms with E-state index in [1.807, 2.05) is 0 Å². The molecule has 4 atom stereocenters. The molecule has 1 aliphatic heterocycles. The molecule has 3 aliphatic carbocycles. The van der Waals surface area contributed by atoms with Crippen molar-refractivity contribution in [2.45, 2.75) is 26.7 Å². The van der Waals surface area contributed by atoms with Crippen LogP contribution in [0.5, 0.6) is 0 Å². The first-order valence-corrected chi connectivity index (χ1v) is 6.42. The van der Waals surface area contributed by atoms with Crippen LogP contribution in [0.3, 0.4) is 0 Å². The number of nitrogens with one attached hydrogen (secondary N) is 1. The third-order valence-electron chi connectivity index (χ3n) is 5.20. The topological polar surface area (TPSA) is 80.3 Å². The highest BCUT2D eigenvalue weighted by molar-refractivity contribution is 6.12. The van der Waals surface area contributed by atoms with E-state index in [9.17, 15) is 19.2 Å². The van der Waals surface area contributed by atoms with Gasteiger partial charge in [-0.1, -0.05) is 12.2 Å². The van der Waals surface area contributed by atoms with E-state index in [0.717, 1.165) is 0 Å². The maximum Gasteiger partial charge on any atom is 0.231 e. The summed E-state index contributed by atoms with van der Waals surface area (Å²) >= 11 is 0. The molecule has 0 aromatic carbocycles. The van der Waals surface area contributed by atoms with Gasteiger partial charge < -0.3 is 0 Å². The van der Waals surface area contributed by atoms with Gasteiger partial charge in [0.2, 0.25) is 11.8 Å². The maximum atomic E-state index is 12.1. The normalized spacial score (nSPS) is 43.1. The van der Waals surface area contributed by atoms with E-state index < -0.39 is 34.5 Å². The number of imide groups is 1. The summed E-state index contributed by atoms with van der Waals surface area (Å²) in [6.07, 6.45) is 4.31. The van der Waals surface area contributed by atoms with Crippen LogP contribution < -0.4 is 5.32 Å². The molecule has 0 aromatic rings. The molecule has 0 radical (unpaired) electrons. The standard InChI is InChI=1S/C14H15NO4/c1-7(16)13-3-5-14(6-4-13,8(2)17)10-9(13)11(18)15-12(10)19/h3,5,9-10H,4,6H2,1-2H3,(H,15,18,19). The number of carbonyl (C=O) groups excluding carboxylic acids is 4. The Bertz CT molecular complexity index is 516. The fourth-order valence-corrected chi connectivity index (χ4v) is 4.06. The Hall–Kier alpha value is -1.78. The number of hydrogen-bond acceptors (Lipinski definition) is 4. The van der Waals surface area contributed by atoms with E-state index in [1.165, 1.54) is 13.8 Å². The van der Waals surface area contributed by atoms with Crippen LogP contribution >= 0.6 is 0 Å². The number of hydrogen-bond donors (Lipinski definition) is 1. The molecule has 19 heavy (non-hydrogen) atoms. The molecule has 5 nitrogen and oxygen atoms in total. The quantitative estimate of drug-likeness (QED) is 0.576. The SMILES string of the molecule is CC(=O)C12C=CC(C(C)=O)(CC1)C1C(=O)NC(=O)C12. The third kappa shape index (κ3) is 1.20. The van der Waals surface area contributed by atoms with Crippen molar-refractivity contribution in [3.05, 3.63) is 12.2 Å². The molecular formula is C14H15NO4. The molecule has 100 valence electrons. The first-order valence-electron chi connectivity index (χ1n) is 6.42. The molecule has 4 aliphatic rings. The minimum absolute atomic E-state index is 0.111. The highest BCUT2D eigenvalue weighted by Crippen LogP contribution is 2.61. The molecule has 4 rings (SSSR count). The van der Waals surface area contributed by atoms with Gasteiger partial charge in [-0.2, -0.15) is 0 Å². The molecule has 2 bridgehead atoms. The van der Waals surface area contributed by atoms with Crippen molar-refractivity contribution < 1.29 is 19.2 Å². The van der Waals surface area contributed by atoms with Gasteiger partial charge in [-0.3, -0.25) is 24.5 Å². The highest BCUT2D eigenvalue weighted by atomic mass is 16.2. The van der Waals surface area contributed by atoms with Gasteiger partial charge in [0.1, 0.15) is 11.6 Å². The largest absolute Gasteiger partial charge is 0.299 e. The number of fused-ring (bicyclic) bond motifs is 1. The van der Waals surface area contributed by atoms with Crippen LogP contribution in [-0.2, 0) is 19.2 Å². The fraction of sp³-hybridized carbons (Fsp3) is 0.571. The van der Waals surface area contributed by atoms with Crippen molar-refractivity contribution in [2.75, 3.05) is 0 Å². The Kier molecular flexibility index (Phi) is 2.20. The van der Waals surface area contributed by atoms with Crippen molar-refractivity contribution in [3.63, 3.8) is 0 Å². The Morgan fingerprint density at radius 3 is 1.63 bits per heavy atom. The molecule has 5 heteroatoms. The summed E-state index contributed by atoms with van der Waals surface area (Å²) < 4.78 is 0. The minimum Gasteiger partial charge on any atom is -0.299 e. The molecule has 1 saturated carbocycles. The first-order chi connectivity index (χ1) is 8.85. The predicted molar refractivity (Wildman–Crippen MR) is 64.7 cm³/mol. The van der Waals surface area contributed by atoms with Gasteiger partial charge in [0, 0.05) is 0 Å². The van der Waals surface area contributed by atoms with E-state index in [-0.39, 0.29) is 11.6 Å². The second-order valence-corrected chi connectivity index (χ2v) is 5.84. The van der Waals surface area contributed by atoms with Gasteiger partial charge in [-0.05, 0) is 26.7 Å². The zero-order valence-corrected chi connectivity index (χ0v) is 10.9. The van der Waals surface area contributed by atoms with Crippen LogP contribution in [-0.4, -0.2) is 23.4 Å². The minimum atomic E-state index is -0.905. The Morgan fingerprint density at radius 2 is 1.37 bits per heavy atom. The van der Waals surface area contributed by atoms with Crippen molar-refractivity contribution in [1.82, 2.24) is 5.32 Å². The van der Waals surface area contributed by atoms with Crippen LogP contribution in [0.2, 0.25) is 0 Å². The molecule has 1 N–H and O–H groups in total. The first kappa shape index (κ1) is 12.3. The van der Waals surface area contributed by atoms with Crippen molar-refractivity contribution >= 4 is 23.4 Å².